The fraction of sp³-hybridized carbons (Fsp3) is 0.250. The molecule has 0 spiro atoms. The van der Waals surface area contributed by atoms with Gasteiger partial charge in [0.1, 0.15) is 12.7 Å². The maximum absolute atomic E-state index is 12.2. The standard InChI is InChI=1S/C12H13ClN4O4S/c1-8(5-17-7-14-6-15-17)16-22(20,21)9-2-3-10(12(18)19)11(13)4-9/h2-4,6-8,16H,5H2,1H3,(H,18,19). The lowest BCUT2D eigenvalue weighted by Gasteiger charge is -2.14. The molecule has 1 aromatic carbocycles. The maximum Gasteiger partial charge on any atom is 0.337 e. The Balaban J connectivity index is 2.16. The number of benzene rings is 1. The molecule has 0 aliphatic rings. The highest BCUT2D eigenvalue weighted by molar-refractivity contribution is 7.89. The molecule has 0 aliphatic heterocycles. The van der Waals surface area contributed by atoms with Crippen LogP contribution in [0.4, 0.5) is 0 Å². The highest BCUT2D eigenvalue weighted by Crippen LogP contribution is 2.21. The average Bonchev–Trinajstić information content (AvgIpc) is 2.90. The summed E-state index contributed by atoms with van der Waals surface area (Å²) in [5, 5.41) is 12.6. The molecule has 0 bridgehead atoms. The van der Waals surface area contributed by atoms with E-state index in [1.807, 2.05) is 0 Å². The lowest BCUT2D eigenvalue weighted by molar-refractivity contribution is 0.0697. The molecule has 118 valence electrons. The van der Waals surface area contributed by atoms with Crippen molar-refractivity contribution in [3.63, 3.8) is 0 Å². The number of hydrogen-bond donors (Lipinski definition) is 2. The number of rotatable bonds is 6. The van der Waals surface area contributed by atoms with E-state index in [4.69, 9.17) is 16.7 Å². The van der Waals surface area contributed by atoms with E-state index in [9.17, 15) is 13.2 Å². The summed E-state index contributed by atoms with van der Waals surface area (Å²) in [5.74, 6) is -1.22. The van der Waals surface area contributed by atoms with Crippen LogP contribution >= 0.6 is 11.6 Å². The SMILES string of the molecule is CC(Cn1cncn1)NS(=O)(=O)c1ccc(C(=O)O)c(Cl)c1. The van der Waals surface area contributed by atoms with Crippen molar-refractivity contribution in [2.45, 2.75) is 24.4 Å². The largest absolute Gasteiger partial charge is 0.478 e. The minimum Gasteiger partial charge on any atom is -0.478 e. The van der Waals surface area contributed by atoms with Gasteiger partial charge in [-0.3, -0.25) is 4.68 Å². The Kier molecular flexibility index (Phi) is 4.79. The van der Waals surface area contributed by atoms with Gasteiger partial charge in [0, 0.05) is 6.04 Å². The first-order valence-corrected chi connectivity index (χ1v) is 8.03. The molecule has 1 atom stereocenters. The zero-order valence-electron chi connectivity index (χ0n) is 11.5. The molecule has 2 aromatic rings. The van der Waals surface area contributed by atoms with Crippen molar-refractivity contribution < 1.29 is 18.3 Å². The van der Waals surface area contributed by atoms with Gasteiger partial charge in [-0.1, -0.05) is 11.6 Å². The minimum absolute atomic E-state index is 0.104. The summed E-state index contributed by atoms with van der Waals surface area (Å²) < 4.78 is 28.4. The third kappa shape index (κ3) is 3.81. The second-order valence-corrected chi connectivity index (χ2v) is 6.71. The Morgan fingerprint density at radius 1 is 1.50 bits per heavy atom. The number of nitrogens with zero attached hydrogens (tertiary/aromatic N) is 3. The van der Waals surface area contributed by atoms with Gasteiger partial charge >= 0.3 is 5.97 Å². The van der Waals surface area contributed by atoms with Gasteiger partial charge in [-0.2, -0.15) is 5.10 Å². The fourth-order valence-corrected chi connectivity index (χ4v) is 3.40. The number of halogens is 1. The average molecular weight is 345 g/mol. The number of carboxylic acid groups (broad SMARTS) is 1. The summed E-state index contributed by atoms with van der Waals surface area (Å²) in [5.41, 5.74) is -0.156. The van der Waals surface area contributed by atoms with Crippen LogP contribution in [0.3, 0.4) is 0 Å². The maximum atomic E-state index is 12.2. The van der Waals surface area contributed by atoms with Crippen LogP contribution in [0.2, 0.25) is 5.02 Å². The second-order valence-electron chi connectivity index (χ2n) is 4.59. The van der Waals surface area contributed by atoms with Crippen LogP contribution in [-0.2, 0) is 16.6 Å². The van der Waals surface area contributed by atoms with Crippen LogP contribution < -0.4 is 4.72 Å². The van der Waals surface area contributed by atoms with Crippen molar-refractivity contribution in [2.24, 2.45) is 0 Å². The number of aromatic carboxylic acids is 1. The summed E-state index contributed by atoms with van der Waals surface area (Å²) >= 11 is 5.79. The first-order valence-electron chi connectivity index (χ1n) is 6.17. The second kappa shape index (κ2) is 6.42. The predicted octanol–water partition coefficient (Wildman–Crippen LogP) is 0.997. The molecule has 0 radical (unpaired) electrons. The van der Waals surface area contributed by atoms with Gasteiger partial charge in [-0.25, -0.2) is 22.9 Å². The molecule has 10 heteroatoms. The fourth-order valence-electron chi connectivity index (χ4n) is 1.81. The summed E-state index contributed by atoms with van der Waals surface area (Å²) in [6.45, 7) is 1.98. The van der Waals surface area contributed by atoms with Crippen LogP contribution in [0, 0.1) is 0 Å². The van der Waals surface area contributed by atoms with E-state index in [-0.39, 0.29) is 15.5 Å². The molecule has 0 aliphatic carbocycles. The molecule has 0 fully saturated rings. The Labute approximate surface area is 131 Å². The third-order valence-corrected chi connectivity index (χ3v) is 4.67. The number of hydrogen-bond acceptors (Lipinski definition) is 5. The van der Waals surface area contributed by atoms with E-state index in [1.54, 1.807) is 6.92 Å². The molecular weight excluding hydrogens is 332 g/mol. The highest BCUT2D eigenvalue weighted by Gasteiger charge is 2.20. The van der Waals surface area contributed by atoms with E-state index in [0.717, 1.165) is 12.1 Å². The molecule has 2 rings (SSSR count). The van der Waals surface area contributed by atoms with Crippen molar-refractivity contribution in [1.82, 2.24) is 19.5 Å². The first kappa shape index (κ1) is 16.4. The number of aromatic nitrogens is 3. The van der Waals surface area contributed by atoms with Crippen molar-refractivity contribution >= 4 is 27.6 Å². The topological polar surface area (TPSA) is 114 Å². The molecule has 1 aromatic heterocycles. The van der Waals surface area contributed by atoms with Gasteiger partial charge in [0.2, 0.25) is 10.0 Å². The summed E-state index contributed by atoms with van der Waals surface area (Å²) in [6.07, 6.45) is 2.83. The first-order chi connectivity index (χ1) is 10.3. The Hall–Kier alpha value is -1.97. The van der Waals surface area contributed by atoms with E-state index >= 15 is 0 Å². The zero-order chi connectivity index (χ0) is 16.3. The minimum atomic E-state index is -3.82. The smallest absolute Gasteiger partial charge is 0.337 e. The molecule has 8 nitrogen and oxygen atoms in total. The molecule has 1 unspecified atom stereocenters. The van der Waals surface area contributed by atoms with Crippen molar-refractivity contribution in [1.29, 1.82) is 0 Å². The quantitative estimate of drug-likeness (QED) is 0.807. The van der Waals surface area contributed by atoms with Gasteiger partial charge in [0.25, 0.3) is 0 Å². The molecule has 22 heavy (non-hydrogen) atoms. The van der Waals surface area contributed by atoms with Gasteiger partial charge in [-0.05, 0) is 25.1 Å². The summed E-state index contributed by atoms with van der Waals surface area (Å²) in [7, 11) is -3.82. The Morgan fingerprint density at radius 2 is 2.23 bits per heavy atom. The molecule has 0 saturated heterocycles. The van der Waals surface area contributed by atoms with Crippen molar-refractivity contribution in [2.75, 3.05) is 0 Å². The van der Waals surface area contributed by atoms with Crippen molar-refractivity contribution in [3.8, 4) is 0 Å². The van der Waals surface area contributed by atoms with E-state index in [0.29, 0.717) is 6.54 Å². The molecular formula is C12H13ClN4O4S. The monoisotopic (exact) mass is 344 g/mol. The molecule has 0 saturated carbocycles. The van der Waals surface area contributed by atoms with Crippen molar-refractivity contribution in [3.05, 3.63) is 41.4 Å². The van der Waals surface area contributed by atoms with Crippen LogP contribution in [0.1, 0.15) is 17.3 Å². The Morgan fingerprint density at radius 3 is 2.77 bits per heavy atom. The zero-order valence-corrected chi connectivity index (χ0v) is 13.0. The van der Waals surface area contributed by atoms with Gasteiger partial charge in [0.15, 0.2) is 0 Å². The van der Waals surface area contributed by atoms with Crippen LogP contribution in [-0.4, -0.2) is 40.3 Å². The lowest BCUT2D eigenvalue weighted by atomic mass is 10.2. The van der Waals surface area contributed by atoms with E-state index < -0.39 is 22.0 Å². The van der Waals surface area contributed by atoms with Crippen LogP contribution in [0.5, 0.6) is 0 Å². The van der Waals surface area contributed by atoms with Crippen LogP contribution in [0.15, 0.2) is 35.7 Å². The molecule has 0 amide bonds. The Bertz CT molecular complexity index is 776. The van der Waals surface area contributed by atoms with Gasteiger partial charge < -0.3 is 5.11 Å². The highest BCUT2D eigenvalue weighted by atomic mass is 35.5. The number of carbonyl (C=O) groups is 1. The molecule has 2 N–H and O–H groups in total. The normalized spacial score (nSPS) is 13.0. The van der Waals surface area contributed by atoms with Gasteiger partial charge in [0.05, 0.1) is 22.0 Å². The third-order valence-electron chi connectivity index (χ3n) is 2.77. The number of nitrogens with one attached hydrogen (secondary N) is 1. The predicted molar refractivity (Wildman–Crippen MR) is 78.2 cm³/mol. The van der Waals surface area contributed by atoms with Gasteiger partial charge in [-0.15, -0.1) is 0 Å². The van der Waals surface area contributed by atoms with Crippen LogP contribution in [0.25, 0.3) is 0 Å². The van der Waals surface area contributed by atoms with E-state index in [2.05, 4.69) is 14.8 Å². The summed E-state index contributed by atoms with van der Waals surface area (Å²) in [4.78, 5) is 14.5. The lowest BCUT2D eigenvalue weighted by Crippen LogP contribution is -2.35. The summed E-state index contributed by atoms with van der Waals surface area (Å²) in [6, 6.07) is 3.01. The van der Waals surface area contributed by atoms with E-state index in [1.165, 1.54) is 23.4 Å². The number of sulfonamides is 1. The number of carboxylic acids is 1. The molecule has 1 heterocycles.